The van der Waals surface area contributed by atoms with Crippen LogP contribution in [-0.4, -0.2) is 39.5 Å². The van der Waals surface area contributed by atoms with Crippen LogP contribution in [0.15, 0.2) is 0 Å². The summed E-state index contributed by atoms with van der Waals surface area (Å²) in [6, 6.07) is 2.21. The first-order chi connectivity index (χ1) is 7.35. The standard InChI is InChI=1S/C11H22N2O2/c1-3-11(10-12)13-6-4-5-7-15-9-8-14-2/h11,13H,3-9H2,1-2H3. The first-order valence-corrected chi connectivity index (χ1v) is 5.54. The van der Waals surface area contributed by atoms with E-state index in [0.717, 1.165) is 32.4 Å². The fourth-order valence-corrected chi connectivity index (χ4v) is 1.13. The van der Waals surface area contributed by atoms with Gasteiger partial charge in [0.1, 0.15) is 0 Å². The monoisotopic (exact) mass is 214 g/mol. The van der Waals surface area contributed by atoms with Crippen LogP contribution in [0.2, 0.25) is 0 Å². The summed E-state index contributed by atoms with van der Waals surface area (Å²) in [6.45, 7) is 4.99. The van der Waals surface area contributed by atoms with Crippen molar-refractivity contribution < 1.29 is 9.47 Å². The highest BCUT2D eigenvalue weighted by Crippen LogP contribution is 1.92. The summed E-state index contributed by atoms with van der Waals surface area (Å²) >= 11 is 0. The van der Waals surface area contributed by atoms with Crippen molar-refractivity contribution in [3.05, 3.63) is 0 Å². The zero-order valence-electron chi connectivity index (χ0n) is 9.79. The normalized spacial score (nSPS) is 12.3. The summed E-state index contributed by atoms with van der Waals surface area (Å²) in [5.74, 6) is 0. The molecule has 0 bridgehead atoms. The van der Waals surface area contributed by atoms with Gasteiger partial charge in [-0.15, -0.1) is 0 Å². The van der Waals surface area contributed by atoms with Crippen LogP contribution in [0.5, 0.6) is 0 Å². The Hall–Kier alpha value is -0.630. The average Bonchev–Trinajstić information content (AvgIpc) is 2.27. The molecule has 88 valence electrons. The molecule has 0 aromatic carbocycles. The molecule has 0 radical (unpaired) electrons. The minimum absolute atomic E-state index is 0.000547. The van der Waals surface area contributed by atoms with Gasteiger partial charge in [-0.3, -0.25) is 0 Å². The van der Waals surface area contributed by atoms with Gasteiger partial charge in [-0.05, 0) is 25.8 Å². The van der Waals surface area contributed by atoms with E-state index >= 15 is 0 Å². The summed E-state index contributed by atoms with van der Waals surface area (Å²) in [6.07, 6.45) is 2.94. The van der Waals surface area contributed by atoms with Gasteiger partial charge in [-0.25, -0.2) is 0 Å². The van der Waals surface area contributed by atoms with Gasteiger partial charge in [0.25, 0.3) is 0 Å². The van der Waals surface area contributed by atoms with E-state index < -0.39 is 0 Å². The Bertz CT molecular complexity index is 168. The highest BCUT2D eigenvalue weighted by molar-refractivity contribution is 4.87. The van der Waals surface area contributed by atoms with Gasteiger partial charge in [0.05, 0.1) is 25.3 Å². The molecule has 0 aromatic rings. The van der Waals surface area contributed by atoms with Crippen molar-refractivity contribution in [1.29, 1.82) is 5.26 Å². The molecular formula is C11H22N2O2. The van der Waals surface area contributed by atoms with Crippen molar-refractivity contribution in [1.82, 2.24) is 5.32 Å². The minimum atomic E-state index is -0.000547. The Labute approximate surface area is 92.6 Å². The quantitative estimate of drug-likeness (QED) is 0.557. The van der Waals surface area contributed by atoms with E-state index in [1.54, 1.807) is 7.11 Å². The molecule has 0 aromatic heterocycles. The molecule has 1 N–H and O–H groups in total. The number of nitrogens with one attached hydrogen (secondary N) is 1. The van der Waals surface area contributed by atoms with E-state index in [1.807, 2.05) is 6.92 Å². The van der Waals surface area contributed by atoms with E-state index in [4.69, 9.17) is 14.7 Å². The van der Waals surface area contributed by atoms with Crippen LogP contribution in [0.3, 0.4) is 0 Å². The molecule has 0 aliphatic rings. The third-order valence-electron chi connectivity index (χ3n) is 2.10. The van der Waals surface area contributed by atoms with Crippen molar-refractivity contribution >= 4 is 0 Å². The zero-order chi connectivity index (χ0) is 11.4. The fraction of sp³-hybridized carbons (Fsp3) is 0.909. The molecule has 0 rings (SSSR count). The van der Waals surface area contributed by atoms with Gasteiger partial charge in [-0.1, -0.05) is 6.92 Å². The molecule has 4 nitrogen and oxygen atoms in total. The second-order valence-electron chi connectivity index (χ2n) is 3.36. The van der Waals surface area contributed by atoms with Gasteiger partial charge < -0.3 is 14.8 Å². The first-order valence-electron chi connectivity index (χ1n) is 5.54. The summed E-state index contributed by atoms with van der Waals surface area (Å²) in [7, 11) is 1.67. The van der Waals surface area contributed by atoms with E-state index in [1.165, 1.54) is 0 Å². The molecule has 0 heterocycles. The van der Waals surface area contributed by atoms with Gasteiger partial charge in [-0.2, -0.15) is 5.26 Å². The number of ether oxygens (including phenoxy) is 2. The van der Waals surface area contributed by atoms with Crippen LogP contribution in [0.1, 0.15) is 26.2 Å². The van der Waals surface area contributed by atoms with Gasteiger partial charge in [0.2, 0.25) is 0 Å². The van der Waals surface area contributed by atoms with Crippen LogP contribution in [0, 0.1) is 11.3 Å². The second-order valence-corrected chi connectivity index (χ2v) is 3.36. The Kier molecular flexibility index (Phi) is 11.0. The molecule has 4 heteroatoms. The molecule has 1 atom stereocenters. The maximum atomic E-state index is 8.67. The molecule has 1 unspecified atom stereocenters. The molecule has 0 aliphatic heterocycles. The van der Waals surface area contributed by atoms with Crippen LogP contribution < -0.4 is 5.32 Å². The molecule has 0 aliphatic carbocycles. The number of rotatable bonds is 10. The summed E-state index contributed by atoms with van der Waals surface area (Å²) in [4.78, 5) is 0. The van der Waals surface area contributed by atoms with E-state index in [2.05, 4.69) is 11.4 Å². The maximum Gasteiger partial charge on any atom is 0.0950 e. The zero-order valence-corrected chi connectivity index (χ0v) is 9.79. The van der Waals surface area contributed by atoms with Crippen molar-refractivity contribution in [3.8, 4) is 6.07 Å². The minimum Gasteiger partial charge on any atom is -0.382 e. The largest absolute Gasteiger partial charge is 0.382 e. The summed E-state index contributed by atoms with van der Waals surface area (Å²) in [5, 5.41) is 11.9. The number of hydrogen-bond acceptors (Lipinski definition) is 4. The van der Waals surface area contributed by atoms with Crippen molar-refractivity contribution in [2.45, 2.75) is 32.2 Å². The fourth-order valence-electron chi connectivity index (χ4n) is 1.13. The number of nitriles is 1. The van der Waals surface area contributed by atoms with Crippen LogP contribution in [-0.2, 0) is 9.47 Å². The Morgan fingerprint density at radius 1 is 1.27 bits per heavy atom. The molecule has 0 fully saturated rings. The van der Waals surface area contributed by atoms with Gasteiger partial charge >= 0.3 is 0 Å². The maximum absolute atomic E-state index is 8.67. The Morgan fingerprint density at radius 2 is 2.07 bits per heavy atom. The molecule has 15 heavy (non-hydrogen) atoms. The predicted molar refractivity (Wildman–Crippen MR) is 59.6 cm³/mol. The second kappa shape index (κ2) is 11.4. The van der Waals surface area contributed by atoms with Crippen molar-refractivity contribution in [2.24, 2.45) is 0 Å². The SMILES string of the molecule is CCC(C#N)NCCCCOCCOC. The highest BCUT2D eigenvalue weighted by Gasteiger charge is 2.00. The topological polar surface area (TPSA) is 54.3 Å². The third kappa shape index (κ3) is 9.67. The van der Waals surface area contributed by atoms with Crippen molar-refractivity contribution in [3.63, 3.8) is 0 Å². The molecule has 0 saturated carbocycles. The van der Waals surface area contributed by atoms with E-state index in [-0.39, 0.29) is 6.04 Å². The Morgan fingerprint density at radius 3 is 2.67 bits per heavy atom. The van der Waals surface area contributed by atoms with E-state index in [0.29, 0.717) is 13.2 Å². The number of unbranched alkanes of at least 4 members (excludes halogenated alkanes) is 1. The average molecular weight is 214 g/mol. The van der Waals surface area contributed by atoms with Gasteiger partial charge in [0, 0.05) is 13.7 Å². The molecule has 0 spiro atoms. The van der Waals surface area contributed by atoms with Crippen molar-refractivity contribution in [2.75, 3.05) is 33.5 Å². The number of methoxy groups -OCH3 is 1. The number of hydrogen-bond donors (Lipinski definition) is 1. The molecule has 0 saturated heterocycles. The number of nitrogens with zero attached hydrogens (tertiary/aromatic N) is 1. The van der Waals surface area contributed by atoms with Crippen LogP contribution in [0.4, 0.5) is 0 Å². The lowest BCUT2D eigenvalue weighted by molar-refractivity contribution is 0.0688. The Balaban J connectivity index is 3.08. The first kappa shape index (κ1) is 14.4. The summed E-state index contributed by atoms with van der Waals surface area (Å²) < 4.78 is 10.2. The lowest BCUT2D eigenvalue weighted by Gasteiger charge is -2.08. The summed E-state index contributed by atoms with van der Waals surface area (Å²) in [5.41, 5.74) is 0. The van der Waals surface area contributed by atoms with Gasteiger partial charge in [0.15, 0.2) is 0 Å². The highest BCUT2D eigenvalue weighted by atomic mass is 16.5. The third-order valence-corrected chi connectivity index (χ3v) is 2.10. The lowest BCUT2D eigenvalue weighted by atomic mass is 10.2. The molecular weight excluding hydrogens is 192 g/mol. The smallest absolute Gasteiger partial charge is 0.0950 e. The van der Waals surface area contributed by atoms with Crippen LogP contribution >= 0.6 is 0 Å². The molecule has 0 amide bonds. The van der Waals surface area contributed by atoms with Crippen LogP contribution in [0.25, 0.3) is 0 Å². The lowest BCUT2D eigenvalue weighted by Crippen LogP contribution is -2.27. The predicted octanol–water partition coefficient (Wildman–Crippen LogP) is 1.32. The van der Waals surface area contributed by atoms with E-state index in [9.17, 15) is 0 Å².